The molecule has 0 atom stereocenters. The summed E-state index contributed by atoms with van der Waals surface area (Å²) in [5.74, 6) is 0. The van der Waals surface area contributed by atoms with Crippen molar-refractivity contribution in [3.8, 4) is 0 Å². The van der Waals surface area contributed by atoms with Crippen LogP contribution in [0.1, 0.15) is 0 Å². The van der Waals surface area contributed by atoms with Crippen LogP contribution in [0.4, 0.5) is 11.4 Å². The van der Waals surface area contributed by atoms with Gasteiger partial charge in [0.05, 0.1) is 16.3 Å². The Hall–Kier alpha value is -2.18. The summed E-state index contributed by atoms with van der Waals surface area (Å²) in [5, 5.41) is 3.13. The van der Waals surface area contributed by atoms with Crippen LogP contribution < -0.4 is 0 Å². The van der Waals surface area contributed by atoms with Crippen LogP contribution in [0.15, 0.2) is 33.2 Å². The molecule has 0 aliphatic carbocycles. The Morgan fingerprint density at radius 2 is 2.06 bits per heavy atom. The largest absolute Gasteiger partial charge is 0.294 e. The maximum atomic E-state index is 10.8. The molecule has 0 saturated heterocycles. The van der Waals surface area contributed by atoms with E-state index >= 15 is 0 Å². The van der Waals surface area contributed by atoms with Gasteiger partial charge in [-0.15, -0.1) is 0 Å². The van der Waals surface area contributed by atoms with E-state index in [-0.39, 0.29) is 11.4 Å². The molecule has 0 radical (unpaired) electrons. The summed E-state index contributed by atoms with van der Waals surface area (Å²) in [7, 11) is -4.40. The van der Waals surface area contributed by atoms with E-state index in [0.717, 1.165) is 18.2 Å². The highest BCUT2D eigenvalue weighted by Crippen LogP contribution is 2.30. The van der Waals surface area contributed by atoms with Crippen LogP contribution in [-0.2, 0) is 14.9 Å². The molecular formula is C7H4N4O4S. The maximum Gasteiger partial charge on any atom is 0.294 e. The summed E-state index contributed by atoms with van der Waals surface area (Å²) in [5.41, 5.74) is 7.98. The van der Waals surface area contributed by atoms with Crippen molar-refractivity contribution in [1.82, 2.24) is 0 Å². The van der Waals surface area contributed by atoms with E-state index in [9.17, 15) is 13.2 Å². The number of hydrogen-bond donors (Lipinski definition) is 1. The third kappa shape index (κ3) is 2.66. The van der Waals surface area contributed by atoms with Gasteiger partial charge in [0.25, 0.3) is 10.1 Å². The molecule has 0 unspecified atom stereocenters. The van der Waals surface area contributed by atoms with Crippen LogP contribution in [0.2, 0.25) is 0 Å². The van der Waals surface area contributed by atoms with Gasteiger partial charge in [-0.25, -0.2) is 4.79 Å². The lowest BCUT2D eigenvalue weighted by Crippen LogP contribution is -1.96. The second-order valence-electron chi connectivity index (χ2n) is 2.52. The zero-order valence-corrected chi connectivity index (χ0v) is 8.42. The smallest absolute Gasteiger partial charge is 0.282 e. The van der Waals surface area contributed by atoms with Crippen molar-refractivity contribution in [3.05, 3.63) is 28.6 Å². The van der Waals surface area contributed by atoms with Gasteiger partial charge in [-0.2, -0.15) is 13.4 Å². The van der Waals surface area contributed by atoms with Crippen molar-refractivity contribution in [3.63, 3.8) is 0 Å². The minimum Gasteiger partial charge on any atom is -0.282 e. The molecule has 0 saturated carbocycles. The van der Waals surface area contributed by atoms with E-state index in [4.69, 9.17) is 10.1 Å². The van der Waals surface area contributed by atoms with E-state index in [0.29, 0.717) is 0 Å². The summed E-state index contributed by atoms with van der Waals surface area (Å²) in [6.45, 7) is 0. The fraction of sp³-hybridized carbons (Fsp3) is 0. The van der Waals surface area contributed by atoms with Gasteiger partial charge >= 0.3 is 0 Å². The van der Waals surface area contributed by atoms with Crippen LogP contribution in [0.3, 0.4) is 0 Å². The number of benzene rings is 1. The van der Waals surface area contributed by atoms with Crippen molar-refractivity contribution in [1.29, 1.82) is 0 Å². The molecule has 8 nitrogen and oxygen atoms in total. The minimum atomic E-state index is -4.40. The molecule has 16 heavy (non-hydrogen) atoms. The number of hydrogen-bond acceptors (Lipinski definition) is 5. The van der Waals surface area contributed by atoms with E-state index < -0.39 is 15.0 Å². The van der Waals surface area contributed by atoms with Crippen LogP contribution >= 0.6 is 0 Å². The van der Waals surface area contributed by atoms with Crippen molar-refractivity contribution in [2.24, 2.45) is 10.1 Å². The van der Waals surface area contributed by atoms with Gasteiger partial charge < -0.3 is 0 Å². The average Bonchev–Trinajstić information content (AvgIpc) is 2.19. The molecule has 0 aliphatic heterocycles. The van der Waals surface area contributed by atoms with E-state index in [2.05, 4.69) is 15.0 Å². The summed E-state index contributed by atoms with van der Waals surface area (Å²) in [6.07, 6.45) is 1.22. The molecule has 0 aliphatic rings. The summed E-state index contributed by atoms with van der Waals surface area (Å²) >= 11 is 0. The highest BCUT2D eigenvalue weighted by Gasteiger charge is 2.11. The molecule has 0 heterocycles. The molecular weight excluding hydrogens is 236 g/mol. The maximum absolute atomic E-state index is 10.8. The predicted octanol–water partition coefficient (Wildman–Crippen LogP) is 1.84. The Bertz CT molecular complexity index is 611. The fourth-order valence-corrected chi connectivity index (χ4v) is 1.44. The summed E-state index contributed by atoms with van der Waals surface area (Å²) in [6, 6.07) is 3.02. The minimum absolute atomic E-state index is 0.0415. The van der Waals surface area contributed by atoms with Crippen LogP contribution in [0.5, 0.6) is 0 Å². The van der Waals surface area contributed by atoms with Gasteiger partial charge in [0.1, 0.15) is 0 Å². The Kier molecular flexibility index (Phi) is 3.39. The molecule has 0 bridgehead atoms. The lowest BCUT2D eigenvalue weighted by atomic mass is 10.3. The molecule has 1 aromatic carbocycles. The van der Waals surface area contributed by atoms with Gasteiger partial charge in [0, 0.05) is 4.91 Å². The van der Waals surface area contributed by atoms with Crippen LogP contribution in [0, 0.1) is 0 Å². The third-order valence-corrected chi connectivity index (χ3v) is 2.41. The quantitative estimate of drug-likeness (QED) is 0.215. The van der Waals surface area contributed by atoms with E-state index in [1.54, 1.807) is 0 Å². The number of nitrogens with zero attached hydrogens (tertiary/aromatic N) is 4. The Morgan fingerprint density at radius 1 is 1.38 bits per heavy atom. The van der Waals surface area contributed by atoms with E-state index in [1.807, 2.05) is 0 Å². The van der Waals surface area contributed by atoms with Gasteiger partial charge in [0.2, 0.25) is 6.08 Å². The van der Waals surface area contributed by atoms with Gasteiger partial charge in [-0.05, 0) is 23.7 Å². The summed E-state index contributed by atoms with van der Waals surface area (Å²) in [4.78, 5) is 15.2. The Labute approximate surface area is 89.6 Å². The molecule has 0 fully saturated rings. The van der Waals surface area contributed by atoms with Crippen molar-refractivity contribution in [2.75, 3.05) is 0 Å². The van der Waals surface area contributed by atoms with E-state index in [1.165, 1.54) is 6.08 Å². The number of aliphatic imine (C=N–C) groups is 1. The standard InChI is InChI=1S/C7H4N4O4S/c8-11-10-7-3-5(16(13,14)15)1-2-6(7)9-4-12/h1-3H,(H,13,14,15). The van der Waals surface area contributed by atoms with Crippen LogP contribution in [-0.4, -0.2) is 19.1 Å². The highest BCUT2D eigenvalue weighted by atomic mass is 32.2. The number of carbonyl (C=O) groups excluding carboxylic acids is 1. The molecule has 0 aromatic heterocycles. The topological polar surface area (TPSA) is 133 Å². The molecule has 1 rings (SSSR count). The second kappa shape index (κ2) is 4.56. The highest BCUT2D eigenvalue weighted by molar-refractivity contribution is 7.85. The SMILES string of the molecule is [N-]=[N+]=Nc1cc(S(=O)(=O)O)ccc1N=C=O. The summed E-state index contributed by atoms with van der Waals surface area (Å²) < 4.78 is 30.3. The second-order valence-corrected chi connectivity index (χ2v) is 3.94. The van der Waals surface area contributed by atoms with Gasteiger partial charge in [0.15, 0.2) is 0 Å². The van der Waals surface area contributed by atoms with Gasteiger partial charge in [-0.1, -0.05) is 5.11 Å². The average molecular weight is 240 g/mol. The van der Waals surface area contributed by atoms with Gasteiger partial charge in [-0.3, -0.25) is 4.55 Å². The molecule has 9 heteroatoms. The first-order valence-corrected chi connectivity index (χ1v) is 5.17. The van der Waals surface area contributed by atoms with Crippen molar-refractivity contribution < 1.29 is 17.8 Å². The third-order valence-electron chi connectivity index (χ3n) is 1.56. The van der Waals surface area contributed by atoms with Crippen molar-refractivity contribution >= 4 is 27.6 Å². The first-order valence-electron chi connectivity index (χ1n) is 3.73. The fourth-order valence-electron chi connectivity index (χ4n) is 0.936. The zero-order valence-electron chi connectivity index (χ0n) is 7.60. The number of isocyanates is 1. The first kappa shape index (κ1) is 11.9. The molecule has 82 valence electrons. The zero-order chi connectivity index (χ0) is 12.2. The monoisotopic (exact) mass is 240 g/mol. The lowest BCUT2D eigenvalue weighted by Gasteiger charge is -2.00. The molecule has 1 aromatic rings. The molecule has 0 spiro atoms. The molecule has 1 N–H and O–H groups in total. The lowest BCUT2D eigenvalue weighted by molar-refractivity contribution is 0.483. The Morgan fingerprint density at radius 3 is 2.56 bits per heavy atom. The number of azide groups is 1. The number of rotatable bonds is 3. The Balaban J connectivity index is 3.51. The predicted molar refractivity (Wildman–Crippen MR) is 52.8 cm³/mol. The molecule has 0 amide bonds. The normalized spacial score (nSPS) is 10.1. The van der Waals surface area contributed by atoms with Crippen molar-refractivity contribution in [2.45, 2.75) is 4.90 Å². The van der Waals surface area contributed by atoms with Crippen LogP contribution in [0.25, 0.3) is 10.4 Å². The first-order chi connectivity index (χ1) is 7.49.